The topological polar surface area (TPSA) is 53.2 Å². The third-order valence-corrected chi connectivity index (χ3v) is 3.49. The van der Waals surface area contributed by atoms with Crippen LogP contribution in [0.15, 0.2) is 45.7 Å². The summed E-state index contributed by atoms with van der Waals surface area (Å²) in [6, 6.07) is 11.0. The number of halogens is 1. The van der Waals surface area contributed by atoms with Crippen LogP contribution in [0.4, 0.5) is 0 Å². The molecule has 1 aromatic carbocycles. The van der Waals surface area contributed by atoms with Crippen molar-refractivity contribution in [2.45, 2.75) is 13.5 Å². The molecule has 1 N–H and O–H groups in total. The second-order valence-corrected chi connectivity index (χ2v) is 5.59. The monoisotopic (exact) mass is 334 g/mol. The summed E-state index contributed by atoms with van der Waals surface area (Å²) in [5.41, 5.74) is 1.56. The van der Waals surface area contributed by atoms with E-state index in [1.54, 1.807) is 26.1 Å². The lowest BCUT2D eigenvalue weighted by atomic mass is 10.2. The fourth-order valence-electron chi connectivity index (χ4n) is 1.88. The summed E-state index contributed by atoms with van der Waals surface area (Å²) in [5.74, 6) is -0.283. The number of nitrogens with zero attached hydrogens (tertiary/aromatic N) is 1. The van der Waals surface area contributed by atoms with Crippen LogP contribution in [-0.4, -0.2) is 22.8 Å². The molecular weight excluding hydrogens is 320 g/mol. The fraction of sp³-hybridized carbons (Fsp3) is 0.200. The molecule has 104 valence electrons. The van der Waals surface area contributed by atoms with Crippen molar-refractivity contribution < 1.29 is 4.79 Å². The van der Waals surface area contributed by atoms with Crippen molar-refractivity contribution in [3.05, 3.63) is 68.0 Å². The number of pyridine rings is 1. The summed E-state index contributed by atoms with van der Waals surface area (Å²) in [5, 5.41) is 0. The zero-order valence-corrected chi connectivity index (χ0v) is 12.9. The van der Waals surface area contributed by atoms with Gasteiger partial charge >= 0.3 is 0 Å². The molecule has 0 aliphatic rings. The number of nitrogens with one attached hydrogen (secondary N) is 1. The Morgan fingerprint density at radius 3 is 2.45 bits per heavy atom. The van der Waals surface area contributed by atoms with Gasteiger partial charge in [0, 0.05) is 23.8 Å². The predicted octanol–water partition coefficient (Wildman–Crippen LogP) is 2.72. The van der Waals surface area contributed by atoms with Gasteiger partial charge in [-0.1, -0.05) is 28.1 Å². The van der Waals surface area contributed by atoms with E-state index in [2.05, 4.69) is 20.9 Å². The molecule has 5 heteroatoms. The molecule has 0 unspecified atom stereocenters. The highest BCUT2D eigenvalue weighted by Crippen LogP contribution is 2.12. The molecule has 0 spiro atoms. The predicted molar refractivity (Wildman–Crippen MR) is 81.7 cm³/mol. The first-order valence-corrected chi connectivity index (χ1v) is 6.96. The summed E-state index contributed by atoms with van der Waals surface area (Å²) in [4.78, 5) is 28.2. The molecule has 0 aliphatic heterocycles. The van der Waals surface area contributed by atoms with Gasteiger partial charge in [-0.25, -0.2) is 0 Å². The number of aromatic nitrogens is 1. The zero-order valence-electron chi connectivity index (χ0n) is 11.3. The molecule has 0 saturated carbocycles. The van der Waals surface area contributed by atoms with Crippen LogP contribution in [0.2, 0.25) is 0 Å². The molecule has 0 atom stereocenters. The standard InChI is InChI=1S/C15H15BrN2O2/c1-10-3-8-13(14(19)17-10)15(20)18(2)9-11-4-6-12(16)7-5-11/h3-8H,9H2,1-2H3,(H,17,19). The van der Waals surface area contributed by atoms with Gasteiger partial charge in [0.2, 0.25) is 0 Å². The molecule has 4 nitrogen and oxygen atoms in total. The number of carbonyl (C=O) groups excluding carboxylic acids is 1. The molecule has 0 radical (unpaired) electrons. The van der Waals surface area contributed by atoms with Crippen LogP contribution in [0.5, 0.6) is 0 Å². The Morgan fingerprint density at radius 2 is 1.85 bits per heavy atom. The molecule has 0 fully saturated rings. The van der Waals surface area contributed by atoms with E-state index in [9.17, 15) is 9.59 Å². The Bertz CT molecular complexity index is 677. The van der Waals surface area contributed by atoms with Crippen molar-refractivity contribution in [2.24, 2.45) is 0 Å². The quantitative estimate of drug-likeness (QED) is 0.938. The minimum atomic E-state index is -0.349. The number of amides is 1. The first kappa shape index (κ1) is 14.5. The number of carbonyl (C=O) groups is 1. The van der Waals surface area contributed by atoms with Gasteiger partial charge in [-0.3, -0.25) is 9.59 Å². The van der Waals surface area contributed by atoms with Gasteiger partial charge in [0.15, 0.2) is 0 Å². The van der Waals surface area contributed by atoms with Crippen LogP contribution in [0.3, 0.4) is 0 Å². The molecule has 0 saturated heterocycles. The average Bonchev–Trinajstić information content (AvgIpc) is 2.40. The van der Waals surface area contributed by atoms with Crippen molar-refractivity contribution in [1.82, 2.24) is 9.88 Å². The number of rotatable bonds is 3. The lowest BCUT2D eigenvalue weighted by Crippen LogP contribution is -2.31. The number of hydrogen-bond acceptors (Lipinski definition) is 2. The van der Waals surface area contributed by atoms with E-state index >= 15 is 0 Å². The van der Waals surface area contributed by atoms with Gasteiger partial charge in [0.05, 0.1) is 0 Å². The molecule has 2 rings (SSSR count). The van der Waals surface area contributed by atoms with Crippen LogP contribution in [-0.2, 0) is 6.54 Å². The van der Waals surface area contributed by atoms with Crippen molar-refractivity contribution >= 4 is 21.8 Å². The summed E-state index contributed by atoms with van der Waals surface area (Å²) in [6.07, 6.45) is 0. The Balaban J connectivity index is 2.16. The van der Waals surface area contributed by atoms with Crippen LogP contribution in [0.1, 0.15) is 21.6 Å². The third-order valence-electron chi connectivity index (χ3n) is 2.97. The van der Waals surface area contributed by atoms with Crippen molar-refractivity contribution in [3.8, 4) is 0 Å². The minimum absolute atomic E-state index is 0.162. The van der Waals surface area contributed by atoms with E-state index in [0.29, 0.717) is 6.54 Å². The van der Waals surface area contributed by atoms with Gasteiger partial charge in [0.1, 0.15) is 5.56 Å². The third kappa shape index (κ3) is 3.36. The second-order valence-electron chi connectivity index (χ2n) is 4.67. The van der Waals surface area contributed by atoms with E-state index in [-0.39, 0.29) is 17.0 Å². The maximum absolute atomic E-state index is 12.2. The van der Waals surface area contributed by atoms with E-state index in [0.717, 1.165) is 15.7 Å². The summed E-state index contributed by atoms with van der Waals surface area (Å²) >= 11 is 3.37. The average molecular weight is 335 g/mol. The molecule has 0 aliphatic carbocycles. The first-order valence-electron chi connectivity index (χ1n) is 6.17. The van der Waals surface area contributed by atoms with Crippen molar-refractivity contribution in [1.29, 1.82) is 0 Å². The molecule has 2 aromatic rings. The van der Waals surface area contributed by atoms with E-state index in [1.807, 2.05) is 24.3 Å². The highest BCUT2D eigenvalue weighted by Gasteiger charge is 2.15. The van der Waals surface area contributed by atoms with Gasteiger partial charge in [-0.05, 0) is 36.8 Å². The SMILES string of the molecule is Cc1ccc(C(=O)N(C)Cc2ccc(Br)cc2)c(=O)[nH]1. The van der Waals surface area contributed by atoms with E-state index in [1.165, 1.54) is 4.90 Å². The lowest BCUT2D eigenvalue weighted by Gasteiger charge is -2.17. The number of hydrogen-bond donors (Lipinski definition) is 1. The number of aromatic amines is 1. The van der Waals surface area contributed by atoms with Gasteiger partial charge in [-0.2, -0.15) is 0 Å². The van der Waals surface area contributed by atoms with Crippen LogP contribution >= 0.6 is 15.9 Å². The highest BCUT2D eigenvalue weighted by atomic mass is 79.9. The summed E-state index contributed by atoms with van der Waals surface area (Å²) in [6.45, 7) is 2.24. The largest absolute Gasteiger partial charge is 0.337 e. The first-order chi connectivity index (χ1) is 9.47. The maximum atomic E-state index is 12.2. The molecular formula is C15H15BrN2O2. The van der Waals surface area contributed by atoms with Gasteiger partial charge < -0.3 is 9.88 Å². The highest BCUT2D eigenvalue weighted by molar-refractivity contribution is 9.10. The minimum Gasteiger partial charge on any atom is -0.337 e. The smallest absolute Gasteiger partial charge is 0.260 e. The number of benzene rings is 1. The number of H-pyrrole nitrogens is 1. The Hall–Kier alpha value is -1.88. The Labute approximate surface area is 125 Å². The van der Waals surface area contributed by atoms with Gasteiger partial charge in [0.25, 0.3) is 11.5 Å². The molecule has 0 bridgehead atoms. The van der Waals surface area contributed by atoms with Crippen LogP contribution in [0.25, 0.3) is 0 Å². The fourth-order valence-corrected chi connectivity index (χ4v) is 2.15. The normalized spacial score (nSPS) is 10.3. The second kappa shape index (κ2) is 6.05. The molecule has 20 heavy (non-hydrogen) atoms. The Morgan fingerprint density at radius 1 is 1.20 bits per heavy atom. The van der Waals surface area contributed by atoms with Gasteiger partial charge in [-0.15, -0.1) is 0 Å². The van der Waals surface area contributed by atoms with E-state index < -0.39 is 0 Å². The van der Waals surface area contributed by atoms with Crippen LogP contribution in [0, 0.1) is 6.92 Å². The van der Waals surface area contributed by atoms with Crippen molar-refractivity contribution in [2.75, 3.05) is 7.05 Å². The summed E-state index contributed by atoms with van der Waals surface area (Å²) < 4.78 is 0.991. The maximum Gasteiger partial charge on any atom is 0.260 e. The van der Waals surface area contributed by atoms with E-state index in [4.69, 9.17) is 0 Å². The summed E-state index contributed by atoms with van der Waals surface area (Å²) in [7, 11) is 1.68. The Kier molecular flexibility index (Phi) is 4.39. The zero-order chi connectivity index (χ0) is 14.7. The molecule has 1 aromatic heterocycles. The van der Waals surface area contributed by atoms with Crippen LogP contribution < -0.4 is 5.56 Å². The molecule has 1 amide bonds. The van der Waals surface area contributed by atoms with Crippen molar-refractivity contribution in [3.63, 3.8) is 0 Å². The molecule has 1 heterocycles. The number of aryl methyl sites for hydroxylation is 1. The lowest BCUT2D eigenvalue weighted by molar-refractivity contribution is 0.0783.